The second-order valence-corrected chi connectivity index (χ2v) is 10.2. The molecular weight excluding hydrogens is 446 g/mol. The van der Waals surface area contributed by atoms with E-state index in [4.69, 9.17) is 0 Å². The van der Waals surface area contributed by atoms with Crippen LogP contribution >= 0.6 is 0 Å². The number of likely N-dealkylation sites (tertiary alicyclic amines) is 1. The van der Waals surface area contributed by atoms with Crippen LogP contribution in [-0.4, -0.2) is 83.1 Å². The third-order valence-corrected chi connectivity index (χ3v) is 7.58. The third-order valence-electron chi connectivity index (χ3n) is 5.73. The zero-order valence-corrected chi connectivity index (χ0v) is 19.3. The first-order valence-corrected chi connectivity index (χ1v) is 12.5. The number of sulfonamides is 1. The van der Waals surface area contributed by atoms with E-state index >= 15 is 0 Å². The molecule has 1 N–H and O–H groups in total. The molecule has 33 heavy (non-hydrogen) atoms. The number of imide groups is 1. The van der Waals surface area contributed by atoms with E-state index in [1.54, 1.807) is 6.20 Å². The highest BCUT2D eigenvalue weighted by molar-refractivity contribution is 7.89. The Bertz CT molecular complexity index is 1100. The minimum Gasteiger partial charge on any atom is -0.352 e. The molecule has 4 heterocycles. The molecule has 0 bridgehead atoms. The van der Waals surface area contributed by atoms with E-state index in [1.165, 1.54) is 4.31 Å². The largest absolute Gasteiger partial charge is 0.352 e. The standard InChI is InChI=1S/C21H27N7O4S/c1-16-7-8-22-18(15-16)23-17-5-6-19(25-24-17)26-9-11-27(12-10-26)33(31,32)14-13-28-20(29)3-2-4-21(28)30/h5-8,15H,2-4,9-14H2,1H3,(H,22,23,24). The van der Waals surface area contributed by atoms with Crippen molar-refractivity contribution in [3.05, 3.63) is 36.0 Å². The van der Waals surface area contributed by atoms with Gasteiger partial charge in [-0.2, -0.15) is 4.31 Å². The molecule has 11 nitrogen and oxygen atoms in total. The van der Waals surface area contributed by atoms with Gasteiger partial charge in [0.15, 0.2) is 11.6 Å². The van der Waals surface area contributed by atoms with Gasteiger partial charge in [0.1, 0.15) is 5.82 Å². The van der Waals surface area contributed by atoms with Crippen LogP contribution in [0.3, 0.4) is 0 Å². The molecule has 2 amide bonds. The maximum absolute atomic E-state index is 12.7. The van der Waals surface area contributed by atoms with Gasteiger partial charge >= 0.3 is 0 Å². The summed E-state index contributed by atoms with van der Waals surface area (Å²) in [5.74, 6) is 1.09. The van der Waals surface area contributed by atoms with Gasteiger partial charge in [-0.3, -0.25) is 14.5 Å². The van der Waals surface area contributed by atoms with Crippen LogP contribution in [0.1, 0.15) is 24.8 Å². The number of aryl methyl sites for hydroxylation is 1. The van der Waals surface area contributed by atoms with Gasteiger partial charge in [-0.15, -0.1) is 10.2 Å². The van der Waals surface area contributed by atoms with Crippen LogP contribution in [0.15, 0.2) is 30.5 Å². The van der Waals surface area contributed by atoms with Crippen molar-refractivity contribution in [2.45, 2.75) is 26.2 Å². The summed E-state index contributed by atoms with van der Waals surface area (Å²) < 4.78 is 26.9. The average molecular weight is 474 g/mol. The highest BCUT2D eigenvalue weighted by Crippen LogP contribution is 2.19. The highest BCUT2D eigenvalue weighted by Gasteiger charge is 2.31. The first-order chi connectivity index (χ1) is 15.8. The molecule has 0 aliphatic carbocycles. The van der Waals surface area contributed by atoms with Gasteiger partial charge in [0.25, 0.3) is 0 Å². The van der Waals surface area contributed by atoms with Crippen LogP contribution in [0, 0.1) is 6.92 Å². The lowest BCUT2D eigenvalue weighted by atomic mass is 10.1. The molecule has 12 heteroatoms. The summed E-state index contributed by atoms with van der Waals surface area (Å²) in [5, 5.41) is 11.6. The Labute approximate surface area is 192 Å². The van der Waals surface area contributed by atoms with E-state index in [0.717, 1.165) is 10.5 Å². The van der Waals surface area contributed by atoms with Gasteiger partial charge in [0.2, 0.25) is 21.8 Å². The van der Waals surface area contributed by atoms with Crippen molar-refractivity contribution in [1.82, 2.24) is 24.4 Å². The van der Waals surface area contributed by atoms with Crippen LogP contribution in [0.2, 0.25) is 0 Å². The number of anilines is 3. The van der Waals surface area contributed by atoms with Gasteiger partial charge in [-0.25, -0.2) is 13.4 Å². The quantitative estimate of drug-likeness (QED) is 0.584. The minimum atomic E-state index is -3.57. The second kappa shape index (κ2) is 9.79. The lowest BCUT2D eigenvalue weighted by molar-refractivity contribution is -0.147. The Morgan fingerprint density at radius 2 is 1.70 bits per heavy atom. The summed E-state index contributed by atoms with van der Waals surface area (Å²) >= 11 is 0. The van der Waals surface area contributed by atoms with Crippen molar-refractivity contribution in [2.24, 2.45) is 0 Å². The number of hydrogen-bond acceptors (Lipinski definition) is 9. The number of piperidine rings is 1. The van der Waals surface area contributed by atoms with Crippen LogP contribution in [-0.2, 0) is 19.6 Å². The molecule has 4 rings (SSSR count). The predicted molar refractivity (Wildman–Crippen MR) is 122 cm³/mol. The smallest absolute Gasteiger partial charge is 0.229 e. The maximum atomic E-state index is 12.7. The fourth-order valence-corrected chi connectivity index (χ4v) is 5.27. The van der Waals surface area contributed by atoms with E-state index in [2.05, 4.69) is 20.5 Å². The number of carbonyl (C=O) groups excluding carboxylic acids is 2. The molecule has 2 aliphatic heterocycles. The number of piperazine rings is 1. The molecule has 2 aromatic rings. The Morgan fingerprint density at radius 3 is 2.33 bits per heavy atom. The fraction of sp³-hybridized carbons (Fsp3) is 0.476. The number of pyridine rings is 1. The second-order valence-electron chi connectivity index (χ2n) is 8.11. The van der Waals surface area contributed by atoms with Crippen LogP contribution < -0.4 is 10.2 Å². The summed E-state index contributed by atoms with van der Waals surface area (Å²) in [4.78, 5) is 31.1. The Balaban J connectivity index is 1.29. The van der Waals surface area contributed by atoms with E-state index in [-0.39, 0.29) is 24.1 Å². The van der Waals surface area contributed by atoms with Crippen molar-refractivity contribution >= 4 is 39.3 Å². The molecule has 2 aliphatic rings. The predicted octanol–water partition coefficient (Wildman–Crippen LogP) is 0.915. The van der Waals surface area contributed by atoms with Crippen molar-refractivity contribution in [1.29, 1.82) is 0 Å². The van der Waals surface area contributed by atoms with Crippen LogP contribution in [0.5, 0.6) is 0 Å². The number of rotatable bonds is 7. The third kappa shape index (κ3) is 5.63. The molecule has 0 saturated carbocycles. The molecule has 0 unspecified atom stereocenters. The van der Waals surface area contributed by atoms with Crippen molar-refractivity contribution in [3.63, 3.8) is 0 Å². The summed E-state index contributed by atoms with van der Waals surface area (Å²) in [6, 6.07) is 7.46. The van der Waals surface area contributed by atoms with Gasteiger partial charge in [0, 0.05) is 51.8 Å². The maximum Gasteiger partial charge on any atom is 0.229 e. The zero-order chi connectivity index (χ0) is 23.4. The first kappa shape index (κ1) is 23.1. The molecule has 0 radical (unpaired) electrons. The Morgan fingerprint density at radius 1 is 0.970 bits per heavy atom. The zero-order valence-electron chi connectivity index (χ0n) is 18.5. The summed E-state index contributed by atoms with van der Waals surface area (Å²) in [6.07, 6.45) is 2.84. The van der Waals surface area contributed by atoms with Gasteiger partial charge in [-0.1, -0.05) is 0 Å². The number of nitrogens with zero attached hydrogens (tertiary/aromatic N) is 6. The molecule has 2 fully saturated rings. The van der Waals surface area contributed by atoms with E-state index < -0.39 is 10.0 Å². The number of hydrogen-bond donors (Lipinski definition) is 1. The van der Waals surface area contributed by atoms with Crippen molar-refractivity contribution in [3.8, 4) is 0 Å². The number of amides is 2. The van der Waals surface area contributed by atoms with E-state index in [9.17, 15) is 18.0 Å². The summed E-state index contributed by atoms with van der Waals surface area (Å²) in [6.45, 7) is 3.45. The SMILES string of the molecule is Cc1ccnc(Nc2ccc(N3CCN(S(=O)(=O)CCN4C(=O)CCCC4=O)CC3)nn2)c1. The lowest BCUT2D eigenvalue weighted by Crippen LogP contribution is -2.51. The molecule has 0 spiro atoms. The molecule has 0 atom stereocenters. The normalized spacial score (nSPS) is 18.0. The fourth-order valence-electron chi connectivity index (χ4n) is 3.88. The Hall–Kier alpha value is -3.12. The van der Waals surface area contributed by atoms with Crippen LogP contribution in [0.4, 0.5) is 17.5 Å². The average Bonchev–Trinajstić information content (AvgIpc) is 2.79. The molecule has 2 saturated heterocycles. The number of aromatic nitrogens is 3. The lowest BCUT2D eigenvalue weighted by Gasteiger charge is -2.35. The topological polar surface area (TPSA) is 129 Å². The van der Waals surface area contributed by atoms with Crippen LogP contribution in [0.25, 0.3) is 0 Å². The summed E-state index contributed by atoms with van der Waals surface area (Å²) in [7, 11) is -3.57. The van der Waals surface area contributed by atoms with Gasteiger partial charge in [-0.05, 0) is 43.2 Å². The van der Waals surface area contributed by atoms with Crippen molar-refractivity contribution in [2.75, 3.05) is 48.7 Å². The molecule has 2 aromatic heterocycles. The van der Waals surface area contributed by atoms with E-state index in [0.29, 0.717) is 62.9 Å². The number of nitrogens with one attached hydrogen (secondary N) is 1. The van der Waals surface area contributed by atoms with Gasteiger partial charge in [0.05, 0.1) is 5.75 Å². The Kier molecular flexibility index (Phi) is 6.84. The molecule has 176 valence electrons. The molecule has 0 aromatic carbocycles. The first-order valence-electron chi connectivity index (χ1n) is 10.9. The van der Waals surface area contributed by atoms with E-state index in [1.807, 2.05) is 36.1 Å². The minimum absolute atomic E-state index is 0.0874. The van der Waals surface area contributed by atoms with Gasteiger partial charge < -0.3 is 10.2 Å². The highest BCUT2D eigenvalue weighted by atomic mass is 32.2. The van der Waals surface area contributed by atoms with Crippen molar-refractivity contribution < 1.29 is 18.0 Å². The monoisotopic (exact) mass is 473 g/mol. The summed E-state index contributed by atoms with van der Waals surface area (Å²) in [5.41, 5.74) is 1.08. The molecular formula is C21H27N7O4S. The number of carbonyl (C=O) groups is 2.